The molecule has 0 spiro atoms. The molecule has 0 radical (unpaired) electrons. The van der Waals surface area contributed by atoms with Crippen LogP contribution >= 0.6 is 0 Å². The zero-order chi connectivity index (χ0) is 27.0. The van der Waals surface area contributed by atoms with E-state index in [0.29, 0.717) is 33.5 Å². The largest absolute Gasteiger partial charge is 0.535 e. The van der Waals surface area contributed by atoms with Crippen LogP contribution in [0.2, 0.25) is 0 Å². The van der Waals surface area contributed by atoms with Gasteiger partial charge in [-0.3, -0.25) is 9.63 Å². The zero-order valence-corrected chi connectivity index (χ0v) is 21.1. The van der Waals surface area contributed by atoms with Crippen molar-refractivity contribution in [3.63, 3.8) is 0 Å². The van der Waals surface area contributed by atoms with Gasteiger partial charge in [0.05, 0.1) is 12.2 Å². The molecule has 3 N–H and O–H groups in total. The van der Waals surface area contributed by atoms with E-state index in [1.165, 1.54) is 0 Å². The average molecular weight is 504 g/mol. The Bertz CT molecular complexity index is 1310. The van der Waals surface area contributed by atoms with Crippen LogP contribution < -0.4 is 11.1 Å². The lowest BCUT2D eigenvalue weighted by Crippen LogP contribution is -2.24. The molecule has 0 fully saturated rings. The van der Waals surface area contributed by atoms with Crippen LogP contribution in [0.1, 0.15) is 54.0 Å². The molecule has 0 aliphatic rings. The summed E-state index contributed by atoms with van der Waals surface area (Å²) in [4.78, 5) is 42.0. The summed E-state index contributed by atoms with van der Waals surface area (Å²) in [6.45, 7) is 7.08. The molecule has 0 heterocycles. The second kappa shape index (κ2) is 11.9. The van der Waals surface area contributed by atoms with Gasteiger partial charge in [0, 0.05) is 16.8 Å². The van der Waals surface area contributed by atoms with E-state index in [0.717, 1.165) is 0 Å². The summed E-state index contributed by atoms with van der Waals surface area (Å²) in [7, 11) is 0. The topological polar surface area (TPSA) is 129 Å². The Morgan fingerprint density at radius 2 is 1.43 bits per heavy atom. The number of amidine groups is 1. The van der Waals surface area contributed by atoms with Gasteiger partial charge in [-0.15, -0.1) is 0 Å². The first-order valence-electron chi connectivity index (χ1n) is 11.6. The molecule has 3 aromatic rings. The van der Waals surface area contributed by atoms with Crippen molar-refractivity contribution in [1.82, 2.24) is 0 Å². The maximum Gasteiger partial charge on any atom is 0.535 e. The van der Waals surface area contributed by atoms with E-state index in [2.05, 4.69) is 15.3 Å². The minimum Gasteiger partial charge on any atom is -0.462 e. The van der Waals surface area contributed by atoms with Crippen molar-refractivity contribution < 1.29 is 28.7 Å². The van der Waals surface area contributed by atoms with Crippen LogP contribution in [0.4, 0.5) is 10.5 Å². The number of ether oxygens (including phenoxy) is 2. The number of anilines is 1. The molecule has 3 rings (SSSR count). The third-order valence-corrected chi connectivity index (χ3v) is 4.93. The number of nitrogens with two attached hydrogens (primary N) is 1. The Hall–Kier alpha value is -4.66. The molecule has 1 amide bonds. The standard InChI is InChI=1S/C28H29N3O6/c1-5-35-26(33)23-13-9-7-11-21(23)20-10-6-8-12-22(20)25(32)30-19-16-14-18(15-17-19)24(29)31-37-27(34)36-28(2,3)4/h6-17H,5H2,1-4H3,(H2,29,31)(H,30,32). The molecule has 192 valence electrons. The van der Waals surface area contributed by atoms with Crippen LogP contribution in [-0.2, 0) is 14.3 Å². The minimum atomic E-state index is -0.970. The Morgan fingerprint density at radius 1 is 0.865 bits per heavy atom. The molecule has 0 aromatic heterocycles. The minimum absolute atomic E-state index is 0.0374. The smallest absolute Gasteiger partial charge is 0.462 e. The first-order valence-corrected chi connectivity index (χ1v) is 11.6. The van der Waals surface area contributed by atoms with Gasteiger partial charge in [0.2, 0.25) is 0 Å². The SMILES string of the molecule is CCOC(=O)c1ccccc1-c1ccccc1C(=O)Nc1ccc(/C(N)=N/OC(=O)OC(C)(C)C)cc1. The van der Waals surface area contributed by atoms with Crippen molar-refractivity contribution in [2.45, 2.75) is 33.3 Å². The maximum absolute atomic E-state index is 13.2. The van der Waals surface area contributed by atoms with Crippen molar-refractivity contribution in [3.8, 4) is 11.1 Å². The van der Waals surface area contributed by atoms with Gasteiger partial charge in [0.1, 0.15) is 5.60 Å². The fourth-order valence-corrected chi connectivity index (χ4v) is 3.35. The maximum atomic E-state index is 13.2. The fraction of sp³-hybridized carbons (Fsp3) is 0.214. The molecule has 3 aromatic carbocycles. The first kappa shape index (κ1) is 26.9. The van der Waals surface area contributed by atoms with Crippen LogP contribution in [0, 0.1) is 0 Å². The molecule has 0 bridgehead atoms. The number of esters is 1. The van der Waals surface area contributed by atoms with Gasteiger partial charge in [-0.25, -0.2) is 9.59 Å². The Labute approximate surface area is 215 Å². The highest BCUT2D eigenvalue weighted by atomic mass is 16.8. The van der Waals surface area contributed by atoms with Crippen molar-refractivity contribution in [2.75, 3.05) is 11.9 Å². The molecule has 37 heavy (non-hydrogen) atoms. The second-order valence-electron chi connectivity index (χ2n) is 8.88. The van der Waals surface area contributed by atoms with Gasteiger partial charge in [0.25, 0.3) is 5.91 Å². The summed E-state index contributed by atoms with van der Waals surface area (Å²) in [6, 6.07) is 20.5. The van der Waals surface area contributed by atoms with Crippen molar-refractivity contribution in [2.24, 2.45) is 10.9 Å². The number of hydrogen-bond acceptors (Lipinski definition) is 7. The molecule has 0 aliphatic heterocycles. The van der Waals surface area contributed by atoms with E-state index in [1.807, 2.05) is 0 Å². The van der Waals surface area contributed by atoms with E-state index in [9.17, 15) is 14.4 Å². The second-order valence-corrected chi connectivity index (χ2v) is 8.88. The number of hydrogen-bond donors (Lipinski definition) is 2. The number of carbonyl (C=O) groups is 3. The van der Waals surface area contributed by atoms with Crippen molar-refractivity contribution >= 4 is 29.6 Å². The predicted octanol–water partition coefficient (Wildman–Crippen LogP) is 5.35. The van der Waals surface area contributed by atoms with E-state index >= 15 is 0 Å². The van der Waals surface area contributed by atoms with Crippen LogP contribution in [0.5, 0.6) is 0 Å². The normalized spacial score (nSPS) is 11.4. The van der Waals surface area contributed by atoms with Gasteiger partial charge in [0.15, 0.2) is 5.84 Å². The van der Waals surface area contributed by atoms with Crippen LogP contribution in [0.25, 0.3) is 11.1 Å². The highest BCUT2D eigenvalue weighted by molar-refractivity contribution is 6.10. The van der Waals surface area contributed by atoms with E-state index < -0.39 is 17.7 Å². The summed E-state index contributed by atoms with van der Waals surface area (Å²) in [5, 5.41) is 6.44. The molecule has 9 heteroatoms. The molecule has 9 nitrogen and oxygen atoms in total. The van der Waals surface area contributed by atoms with Crippen LogP contribution in [-0.4, -0.2) is 36.1 Å². The highest BCUT2D eigenvalue weighted by Crippen LogP contribution is 2.28. The lowest BCUT2D eigenvalue weighted by atomic mass is 9.95. The van der Waals surface area contributed by atoms with Gasteiger partial charge in [-0.2, -0.15) is 0 Å². The lowest BCUT2D eigenvalue weighted by molar-refractivity contribution is -0.00626. The lowest BCUT2D eigenvalue weighted by Gasteiger charge is -2.17. The molecule has 0 saturated carbocycles. The summed E-state index contributed by atoms with van der Waals surface area (Å²) in [6.07, 6.45) is -0.970. The first-order chi connectivity index (χ1) is 17.6. The fourth-order valence-electron chi connectivity index (χ4n) is 3.35. The van der Waals surface area contributed by atoms with Gasteiger partial charge >= 0.3 is 12.1 Å². The average Bonchev–Trinajstić information content (AvgIpc) is 2.87. The number of oxime groups is 1. The quantitative estimate of drug-likeness (QED) is 0.146. The van der Waals surface area contributed by atoms with Crippen molar-refractivity contribution in [1.29, 1.82) is 0 Å². The van der Waals surface area contributed by atoms with Gasteiger partial charge < -0.3 is 20.5 Å². The van der Waals surface area contributed by atoms with E-state index in [4.69, 9.17) is 15.2 Å². The zero-order valence-electron chi connectivity index (χ0n) is 21.1. The Balaban J connectivity index is 1.77. The van der Waals surface area contributed by atoms with Gasteiger partial charge in [-0.1, -0.05) is 41.6 Å². The molecule has 0 unspecified atom stereocenters. The Kier molecular flexibility index (Phi) is 8.63. The molecule has 0 aliphatic carbocycles. The number of nitrogens with one attached hydrogen (secondary N) is 1. The number of nitrogens with zero attached hydrogens (tertiary/aromatic N) is 1. The summed E-state index contributed by atoms with van der Waals surface area (Å²) in [5.41, 5.74) is 8.09. The highest BCUT2D eigenvalue weighted by Gasteiger charge is 2.19. The molecule has 0 atom stereocenters. The number of carbonyl (C=O) groups excluding carboxylic acids is 3. The molecule has 0 saturated heterocycles. The third kappa shape index (κ3) is 7.41. The molecular weight excluding hydrogens is 474 g/mol. The number of amides is 1. The summed E-state index contributed by atoms with van der Waals surface area (Å²) >= 11 is 0. The third-order valence-electron chi connectivity index (χ3n) is 4.93. The van der Waals surface area contributed by atoms with E-state index in [1.54, 1.807) is 100 Å². The van der Waals surface area contributed by atoms with Gasteiger partial charge in [-0.05, 0) is 75.2 Å². The molecular formula is C28H29N3O6. The summed E-state index contributed by atoms with van der Waals surface area (Å²) < 4.78 is 10.2. The Morgan fingerprint density at radius 3 is 2.03 bits per heavy atom. The monoisotopic (exact) mass is 503 g/mol. The van der Waals surface area contributed by atoms with Crippen LogP contribution in [0.15, 0.2) is 78.0 Å². The number of rotatable bonds is 7. The van der Waals surface area contributed by atoms with Crippen LogP contribution in [0.3, 0.4) is 0 Å². The summed E-state index contributed by atoms with van der Waals surface area (Å²) in [5.74, 6) is -0.861. The van der Waals surface area contributed by atoms with E-state index in [-0.39, 0.29) is 18.3 Å². The van der Waals surface area contributed by atoms with Crippen molar-refractivity contribution in [3.05, 3.63) is 89.5 Å². The predicted molar refractivity (Wildman–Crippen MR) is 140 cm³/mol. The number of benzene rings is 3.